The van der Waals surface area contributed by atoms with Gasteiger partial charge in [-0.05, 0) is 37.0 Å². The van der Waals surface area contributed by atoms with Crippen LogP contribution in [-0.2, 0) is 4.74 Å². The molecule has 0 aliphatic heterocycles. The molecule has 0 aromatic carbocycles. The predicted molar refractivity (Wildman–Crippen MR) is 73.5 cm³/mol. The van der Waals surface area contributed by atoms with Gasteiger partial charge in [-0.3, -0.25) is 0 Å². The highest BCUT2D eigenvalue weighted by atomic mass is 35.5. The third kappa shape index (κ3) is 2.81. The summed E-state index contributed by atoms with van der Waals surface area (Å²) < 4.78 is 6.33. The van der Waals surface area contributed by atoms with Crippen LogP contribution >= 0.6 is 11.6 Å². The Kier molecular flexibility index (Phi) is 3.55. The first kappa shape index (κ1) is 13.7. The first-order valence-corrected chi connectivity index (χ1v) is 7.44. The third-order valence-corrected chi connectivity index (χ3v) is 5.50. The Balaban J connectivity index is 1.92. The molecule has 4 unspecified atom stereocenters. The largest absolute Gasteiger partial charge is 0.374 e. The lowest BCUT2D eigenvalue weighted by molar-refractivity contribution is -0.147. The van der Waals surface area contributed by atoms with E-state index in [0.29, 0.717) is 23.0 Å². The average molecular weight is 259 g/mol. The molecule has 0 aromatic rings. The molecule has 17 heavy (non-hydrogen) atoms. The van der Waals surface area contributed by atoms with Crippen molar-refractivity contribution >= 4 is 11.6 Å². The van der Waals surface area contributed by atoms with Crippen LogP contribution in [-0.4, -0.2) is 17.6 Å². The first-order valence-electron chi connectivity index (χ1n) is 7.00. The number of ether oxygens (including phenoxy) is 1. The number of halogens is 1. The van der Waals surface area contributed by atoms with Crippen LogP contribution in [0.25, 0.3) is 0 Å². The summed E-state index contributed by atoms with van der Waals surface area (Å²) >= 11 is 6.26. The summed E-state index contributed by atoms with van der Waals surface area (Å²) in [4.78, 5) is 0. The molecule has 0 N–H and O–H groups in total. The smallest absolute Gasteiger partial charge is 0.0658 e. The van der Waals surface area contributed by atoms with Crippen molar-refractivity contribution in [2.75, 3.05) is 0 Å². The average Bonchev–Trinajstić information content (AvgIpc) is 2.14. The van der Waals surface area contributed by atoms with Gasteiger partial charge in [0.05, 0.1) is 12.2 Å². The maximum absolute atomic E-state index is 6.33. The fourth-order valence-electron chi connectivity index (χ4n) is 3.66. The van der Waals surface area contributed by atoms with E-state index in [4.69, 9.17) is 16.3 Å². The number of alkyl halides is 1. The van der Waals surface area contributed by atoms with Crippen molar-refractivity contribution < 1.29 is 4.74 Å². The van der Waals surface area contributed by atoms with Gasteiger partial charge in [0.2, 0.25) is 0 Å². The van der Waals surface area contributed by atoms with Gasteiger partial charge >= 0.3 is 0 Å². The van der Waals surface area contributed by atoms with Crippen molar-refractivity contribution in [3.05, 3.63) is 0 Å². The second-order valence-electron chi connectivity index (χ2n) is 7.68. The summed E-state index contributed by atoms with van der Waals surface area (Å²) in [5.74, 6) is 0.790. The maximum Gasteiger partial charge on any atom is 0.0658 e. The number of hydrogen-bond donors (Lipinski definition) is 0. The lowest BCUT2D eigenvalue weighted by Crippen LogP contribution is -2.53. The third-order valence-electron chi connectivity index (χ3n) is 4.76. The van der Waals surface area contributed by atoms with Gasteiger partial charge < -0.3 is 4.74 Å². The van der Waals surface area contributed by atoms with Crippen LogP contribution in [0.15, 0.2) is 0 Å². The second kappa shape index (κ2) is 4.42. The lowest BCUT2D eigenvalue weighted by Gasteiger charge is -2.51. The highest BCUT2D eigenvalue weighted by Gasteiger charge is 2.49. The Hall–Kier alpha value is 0.250. The Labute approximate surface area is 111 Å². The Morgan fingerprint density at radius 2 is 1.71 bits per heavy atom. The fourth-order valence-corrected chi connectivity index (χ4v) is 3.96. The van der Waals surface area contributed by atoms with Crippen molar-refractivity contribution in [1.82, 2.24) is 0 Å². The van der Waals surface area contributed by atoms with Crippen molar-refractivity contribution in [2.45, 2.75) is 77.9 Å². The van der Waals surface area contributed by atoms with E-state index in [-0.39, 0.29) is 5.41 Å². The van der Waals surface area contributed by atoms with Gasteiger partial charge in [-0.2, -0.15) is 0 Å². The minimum absolute atomic E-state index is 0.159. The minimum Gasteiger partial charge on any atom is -0.374 e. The Morgan fingerprint density at radius 1 is 1.06 bits per heavy atom. The molecule has 0 amide bonds. The van der Waals surface area contributed by atoms with Crippen LogP contribution in [0.1, 0.15) is 60.3 Å². The van der Waals surface area contributed by atoms with Crippen LogP contribution in [0, 0.1) is 16.7 Å². The van der Waals surface area contributed by atoms with Gasteiger partial charge in [-0.1, -0.05) is 34.6 Å². The topological polar surface area (TPSA) is 9.23 Å². The molecule has 0 saturated heterocycles. The molecule has 2 aliphatic rings. The van der Waals surface area contributed by atoms with Gasteiger partial charge in [0.1, 0.15) is 0 Å². The van der Waals surface area contributed by atoms with Crippen molar-refractivity contribution in [2.24, 2.45) is 16.7 Å². The van der Waals surface area contributed by atoms with Crippen LogP contribution < -0.4 is 0 Å². The molecule has 0 bridgehead atoms. The van der Waals surface area contributed by atoms with Gasteiger partial charge in [0.15, 0.2) is 0 Å². The zero-order valence-corrected chi connectivity index (χ0v) is 12.7. The molecular weight excluding hydrogens is 232 g/mol. The lowest BCUT2D eigenvalue weighted by atomic mass is 9.67. The summed E-state index contributed by atoms with van der Waals surface area (Å²) in [5, 5.41) is 0.293. The van der Waals surface area contributed by atoms with Gasteiger partial charge in [-0.15, -0.1) is 11.6 Å². The number of hydrogen-bond acceptors (Lipinski definition) is 1. The molecule has 100 valence electrons. The van der Waals surface area contributed by atoms with E-state index in [1.165, 1.54) is 19.3 Å². The Bertz CT molecular complexity index is 285. The summed E-state index contributed by atoms with van der Waals surface area (Å²) in [7, 11) is 0. The Morgan fingerprint density at radius 3 is 2.18 bits per heavy atom. The van der Waals surface area contributed by atoms with E-state index in [1.54, 1.807) is 0 Å². The molecule has 2 heteroatoms. The molecule has 0 aromatic heterocycles. The van der Waals surface area contributed by atoms with Crippen molar-refractivity contribution in [3.8, 4) is 0 Å². The van der Waals surface area contributed by atoms with E-state index in [2.05, 4.69) is 34.6 Å². The number of rotatable bonds is 2. The maximum atomic E-state index is 6.33. The minimum atomic E-state index is 0.159. The molecule has 0 heterocycles. The van der Waals surface area contributed by atoms with Gasteiger partial charge in [0.25, 0.3) is 0 Å². The normalized spacial score (nSPS) is 44.1. The van der Waals surface area contributed by atoms with Gasteiger partial charge in [-0.25, -0.2) is 0 Å². The van der Waals surface area contributed by atoms with E-state index < -0.39 is 0 Å². The van der Waals surface area contributed by atoms with Gasteiger partial charge in [0, 0.05) is 10.8 Å². The SMILES string of the molecule is CC1CC(OC2CC(Cl)C2(C)C)CC(C)(C)C1. The van der Waals surface area contributed by atoms with Crippen molar-refractivity contribution in [1.29, 1.82) is 0 Å². The van der Waals surface area contributed by atoms with Crippen LogP contribution in [0.3, 0.4) is 0 Å². The first-order chi connectivity index (χ1) is 7.71. The molecule has 0 spiro atoms. The molecule has 2 rings (SSSR count). The van der Waals surface area contributed by atoms with E-state index in [1.807, 2.05) is 0 Å². The molecule has 2 fully saturated rings. The quantitative estimate of drug-likeness (QED) is 0.657. The molecule has 1 nitrogen and oxygen atoms in total. The standard InChI is InChI=1S/C15H27ClO/c1-10-6-11(9-14(2,3)8-10)17-13-7-12(16)15(13,4)5/h10-13H,6-9H2,1-5H3. The summed E-state index contributed by atoms with van der Waals surface area (Å²) in [6.45, 7) is 11.6. The summed E-state index contributed by atoms with van der Waals surface area (Å²) in [6.07, 6.45) is 5.61. The molecule has 0 radical (unpaired) electrons. The van der Waals surface area contributed by atoms with Crippen LogP contribution in [0.5, 0.6) is 0 Å². The molecular formula is C15H27ClO. The zero-order valence-electron chi connectivity index (χ0n) is 11.9. The van der Waals surface area contributed by atoms with Crippen LogP contribution in [0.2, 0.25) is 0 Å². The van der Waals surface area contributed by atoms with Crippen molar-refractivity contribution in [3.63, 3.8) is 0 Å². The molecule has 2 saturated carbocycles. The fraction of sp³-hybridized carbons (Fsp3) is 1.00. The molecule has 4 atom stereocenters. The van der Waals surface area contributed by atoms with E-state index in [0.717, 1.165) is 12.3 Å². The predicted octanol–water partition coefficient (Wildman–Crippen LogP) is 4.62. The molecule has 2 aliphatic carbocycles. The summed E-state index contributed by atoms with van der Waals surface area (Å²) in [6, 6.07) is 0. The second-order valence-corrected chi connectivity index (χ2v) is 8.21. The highest BCUT2D eigenvalue weighted by molar-refractivity contribution is 6.21. The van der Waals surface area contributed by atoms with Crippen LogP contribution in [0.4, 0.5) is 0 Å². The van der Waals surface area contributed by atoms with E-state index >= 15 is 0 Å². The highest BCUT2D eigenvalue weighted by Crippen LogP contribution is 2.49. The summed E-state index contributed by atoms with van der Waals surface area (Å²) in [5.41, 5.74) is 0.600. The van der Waals surface area contributed by atoms with E-state index in [9.17, 15) is 0 Å². The monoisotopic (exact) mass is 258 g/mol. The zero-order chi connectivity index (χ0) is 12.8.